The molecule has 2 rings (SSSR count). The summed E-state index contributed by atoms with van der Waals surface area (Å²) in [7, 11) is 0. The van der Waals surface area contributed by atoms with Crippen LogP contribution in [0, 0.1) is 0 Å². The van der Waals surface area contributed by atoms with Crippen LogP contribution < -0.4 is 5.32 Å². The van der Waals surface area contributed by atoms with E-state index in [1.165, 1.54) is 19.3 Å². The number of hydrogen-bond donors (Lipinski definition) is 1. The molecular weight excluding hydrogens is 190 g/mol. The lowest BCUT2D eigenvalue weighted by Gasteiger charge is -2.09. The molecule has 0 bridgehead atoms. The van der Waals surface area contributed by atoms with Gasteiger partial charge >= 0.3 is 0 Å². The first-order valence-corrected chi connectivity index (χ1v) is 5.84. The lowest BCUT2D eigenvalue weighted by atomic mass is 10.1. The first-order valence-electron chi connectivity index (χ1n) is 5.84. The lowest BCUT2D eigenvalue weighted by molar-refractivity contribution is 0.353. The van der Waals surface area contributed by atoms with E-state index in [1.54, 1.807) is 0 Å². The highest BCUT2D eigenvalue weighted by Gasteiger charge is 2.20. The van der Waals surface area contributed by atoms with Gasteiger partial charge in [0.2, 0.25) is 5.89 Å². The van der Waals surface area contributed by atoms with E-state index in [-0.39, 0.29) is 0 Å². The summed E-state index contributed by atoms with van der Waals surface area (Å²) >= 11 is 0. The Bertz CT molecular complexity index is 301. The highest BCUT2D eigenvalue weighted by atomic mass is 16.5. The first kappa shape index (κ1) is 10.6. The molecule has 1 N–H and O–H groups in total. The molecule has 0 unspecified atom stereocenters. The summed E-state index contributed by atoms with van der Waals surface area (Å²) in [6.45, 7) is 5.20. The standard InChI is InChI=1S/C11H19N3O/c1-8(2)11-13-10(14-15-11)9-6-4-3-5-7-12-9/h8-9,12H,3-7H2,1-2H3/t9-/m1/s1. The minimum Gasteiger partial charge on any atom is -0.339 e. The van der Waals surface area contributed by atoms with Crippen molar-refractivity contribution < 1.29 is 4.52 Å². The second-order valence-electron chi connectivity index (χ2n) is 4.50. The van der Waals surface area contributed by atoms with E-state index < -0.39 is 0 Å². The molecule has 15 heavy (non-hydrogen) atoms. The van der Waals surface area contributed by atoms with Crippen molar-refractivity contribution in [3.8, 4) is 0 Å². The molecule has 1 aliphatic rings. The van der Waals surface area contributed by atoms with Crippen LogP contribution in [0.5, 0.6) is 0 Å². The van der Waals surface area contributed by atoms with Crippen molar-refractivity contribution in [2.24, 2.45) is 0 Å². The predicted octanol–water partition coefficient (Wildman–Crippen LogP) is 2.40. The Morgan fingerprint density at radius 3 is 2.93 bits per heavy atom. The zero-order chi connectivity index (χ0) is 10.7. The fourth-order valence-corrected chi connectivity index (χ4v) is 1.87. The minimum absolute atomic E-state index is 0.295. The average Bonchev–Trinajstić information content (AvgIpc) is 2.55. The van der Waals surface area contributed by atoms with Crippen molar-refractivity contribution in [2.75, 3.05) is 6.54 Å². The first-order chi connectivity index (χ1) is 7.27. The van der Waals surface area contributed by atoms with Crippen molar-refractivity contribution >= 4 is 0 Å². The number of rotatable bonds is 2. The molecule has 0 spiro atoms. The highest BCUT2D eigenvalue weighted by Crippen LogP contribution is 2.21. The summed E-state index contributed by atoms with van der Waals surface area (Å²) < 4.78 is 5.22. The van der Waals surface area contributed by atoms with Crippen molar-refractivity contribution in [3.05, 3.63) is 11.7 Å². The summed E-state index contributed by atoms with van der Waals surface area (Å²) in [5, 5.41) is 7.52. The van der Waals surface area contributed by atoms with Gasteiger partial charge in [-0.25, -0.2) is 0 Å². The zero-order valence-corrected chi connectivity index (χ0v) is 9.49. The number of aromatic nitrogens is 2. The summed E-state index contributed by atoms with van der Waals surface area (Å²) in [5.41, 5.74) is 0. The summed E-state index contributed by atoms with van der Waals surface area (Å²) in [6.07, 6.45) is 4.93. The molecule has 0 amide bonds. The SMILES string of the molecule is CC(C)c1nc([C@H]2CCCCCN2)no1. The number of nitrogens with one attached hydrogen (secondary N) is 1. The predicted molar refractivity (Wildman–Crippen MR) is 57.6 cm³/mol. The van der Waals surface area contributed by atoms with Gasteiger partial charge in [0.25, 0.3) is 0 Å². The topological polar surface area (TPSA) is 51.0 Å². The summed E-state index contributed by atoms with van der Waals surface area (Å²) in [6, 6.07) is 0.295. The average molecular weight is 209 g/mol. The fraction of sp³-hybridized carbons (Fsp3) is 0.818. The Kier molecular flexibility index (Phi) is 3.36. The smallest absolute Gasteiger partial charge is 0.229 e. The van der Waals surface area contributed by atoms with Gasteiger partial charge in [0, 0.05) is 5.92 Å². The van der Waals surface area contributed by atoms with Crippen molar-refractivity contribution in [3.63, 3.8) is 0 Å². The Balaban J connectivity index is 2.06. The third-order valence-corrected chi connectivity index (χ3v) is 2.82. The van der Waals surface area contributed by atoms with Crippen molar-refractivity contribution in [1.29, 1.82) is 0 Å². The molecule has 0 radical (unpaired) electrons. The number of nitrogens with zero attached hydrogens (tertiary/aromatic N) is 2. The summed E-state index contributed by atoms with van der Waals surface area (Å²) in [4.78, 5) is 4.43. The van der Waals surface area contributed by atoms with E-state index in [1.807, 2.05) is 0 Å². The van der Waals surface area contributed by atoms with E-state index in [0.717, 1.165) is 24.7 Å². The largest absolute Gasteiger partial charge is 0.339 e. The van der Waals surface area contributed by atoms with Crippen LogP contribution in [0.3, 0.4) is 0 Å². The van der Waals surface area contributed by atoms with Crippen LogP contribution in [0.2, 0.25) is 0 Å². The van der Waals surface area contributed by atoms with Gasteiger partial charge in [0.15, 0.2) is 5.82 Å². The minimum atomic E-state index is 0.295. The Labute approximate surface area is 90.4 Å². The van der Waals surface area contributed by atoms with Crippen LogP contribution in [0.15, 0.2) is 4.52 Å². The van der Waals surface area contributed by atoms with Gasteiger partial charge in [0.1, 0.15) is 0 Å². The van der Waals surface area contributed by atoms with Gasteiger partial charge in [-0.2, -0.15) is 4.98 Å². The van der Waals surface area contributed by atoms with Gasteiger partial charge in [-0.05, 0) is 19.4 Å². The van der Waals surface area contributed by atoms with Crippen LogP contribution >= 0.6 is 0 Å². The molecule has 84 valence electrons. The van der Waals surface area contributed by atoms with Gasteiger partial charge in [-0.15, -0.1) is 0 Å². The molecule has 0 saturated carbocycles. The van der Waals surface area contributed by atoms with Crippen LogP contribution in [0.1, 0.15) is 63.2 Å². The highest BCUT2D eigenvalue weighted by molar-refractivity contribution is 4.97. The third kappa shape index (κ3) is 2.56. The normalized spacial score (nSPS) is 23.0. The molecule has 1 fully saturated rings. The molecule has 4 nitrogen and oxygen atoms in total. The fourth-order valence-electron chi connectivity index (χ4n) is 1.87. The van der Waals surface area contributed by atoms with Crippen molar-refractivity contribution in [2.45, 2.75) is 51.5 Å². The Morgan fingerprint density at radius 1 is 1.33 bits per heavy atom. The van der Waals surface area contributed by atoms with Crippen LogP contribution in [-0.2, 0) is 0 Å². The molecule has 1 aromatic heterocycles. The Hall–Kier alpha value is -0.900. The van der Waals surface area contributed by atoms with Gasteiger partial charge in [0.05, 0.1) is 6.04 Å². The molecular formula is C11H19N3O. The quantitative estimate of drug-likeness (QED) is 0.812. The molecule has 1 aromatic rings. The molecule has 4 heteroatoms. The van der Waals surface area contributed by atoms with Crippen LogP contribution in [0.4, 0.5) is 0 Å². The second-order valence-corrected chi connectivity index (χ2v) is 4.50. The van der Waals surface area contributed by atoms with E-state index >= 15 is 0 Å². The molecule has 1 aliphatic heterocycles. The zero-order valence-electron chi connectivity index (χ0n) is 9.49. The third-order valence-electron chi connectivity index (χ3n) is 2.82. The maximum Gasteiger partial charge on any atom is 0.229 e. The monoisotopic (exact) mass is 209 g/mol. The van der Waals surface area contributed by atoms with Crippen LogP contribution in [-0.4, -0.2) is 16.7 Å². The van der Waals surface area contributed by atoms with Gasteiger partial charge in [-0.1, -0.05) is 31.8 Å². The van der Waals surface area contributed by atoms with E-state index in [4.69, 9.17) is 4.52 Å². The van der Waals surface area contributed by atoms with E-state index in [0.29, 0.717) is 12.0 Å². The van der Waals surface area contributed by atoms with Gasteiger partial charge < -0.3 is 9.84 Å². The maximum atomic E-state index is 5.22. The molecule has 1 saturated heterocycles. The summed E-state index contributed by atoms with van der Waals surface area (Å²) in [5.74, 6) is 1.90. The van der Waals surface area contributed by atoms with Gasteiger partial charge in [-0.3, -0.25) is 0 Å². The molecule has 0 aliphatic carbocycles. The van der Waals surface area contributed by atoms with Crippen LogP contribution in [0.25, 0.3) is 0 Å². The Morgan fingerprint density at radius 2 is 2.20 bits per heavy atom. The van der Waals surface area contributed by atoms with Crippen molar-refractivity contribution in [1.82, 2.24) is 15.5 Å². The second kappa shape index (κ2) is 4.75. The molecule has 0 aromatic carbocycles. The molecule has 2 heterocycles. The van der Waals surface area contributed by atoms with E-state index in [9.17, 15) is 0 Å². The maximum absolute atomic E-state index is 5.22. The lowest BCUT2D eigenvalue weighted by Crippen LogP contribution is -2.21. The van der Waals surface area contributed by atoms with E-state index in [2.05, 4.69) is 29.3 Å². The number of hydrogen-bond acceptors (Lipinski definition) is 4. The molecule has 1 atom stereocenters.